The molecule has 0 saturated heterocycles. The Labute approximate surface area is 111 Å². The summed E-state index contributed by atoms with van der Waals surface area (Å²) in [5.74, 6) is 0.542. The van der Waals surface area contributed by atoms with Crippen LogP contribution < -0.4 is 5.73 Å². The third-order valence-electron chi connectivity index (χ3n) is 2.77. The Morgan fingerprint density at radius 1 is 1.11 bits per heavy atom. The van der Waals surface area contributed by atoms with Crippen LogP contribution in [0.2, 0.25) is 0 Å². The lowest BCUT2D eigenvalue weighted by Crippen LogP contribution is -2.01. The molecule has 0 aliphatic rings. The summed E-state index contributed by atoms with van der Waals surface area (Å²) in [5.41, 5.74) is 8.88. The lowest BCUT2D eigenvalue weighted by molar-refractivity contribution is 0.625. The minimum absolute atomic E-state index is 0.202. The van der Waals surface area contributed by atoms with Gasteiger partial charge in [-0.05, 0) is 42.3 Å². The predicted octanol–water partition coefficient (Wildman–Crippen LogP) is 3.89. The summed E-state index contributed by atoms with van der Waals surface area (Å²) in [7, 11) is 0. The van der Waals surface area contributed by atoms with Crippen LogP contribution in [-0.2, 0) is 12.3 Å². The SMILES string of the molecule is Cc1cccc(SCc2cc(F)ccc2CN)c1. The van der Waals surface area contributed by atoms with Crippen LogP contribution >= 0.6 is 11.8 Å². The van der Waals surface area contributed by atoms with Crippen LogP contribution in [0.3, 0.4) is 0 Å². The average Bonchev–Trinajstić information content (AvgIpc) is 2.37. The van der Waals surface area contributed by atoms with Gasteiger partial charge in [0.2, 0.25) is 0 Å². The quantitative estimate of drug-likeness (QED) is 0.845. The zero-order valence-electron chi connectivity index (χ0n) is 10.3. The van der Waals surface area contributed by atoms with Gasteiger partial charge >= 0.3 is 0 Å². The Bertz CT molecular complexity index is 540. The van der Waals surface area contributed by atoms with E-state index in [0.29, 0.717) is 6.54 Å². The summed E-state index contributed by atoms with van der Waals surface area (Å²) in [5, 5.41) is 0. The van der Waals surface area contributed by atoms with Crippen LogP contribution in [0.4, 0.5) is 4.39 Å². The maximum absolute atomic E-state index is 13.2. The minimum Gasteiger partial charge on any atom is -0.326 e. The van der Waals surface area contributed by atoms with E-state index in [9.17, 15) is 4.39 Å². The van der Waals surface area contributed by atoms with Gasteiger partial charge in [-0.25, -0.2) is 4.39 Å². The van der Waals surface area contributed by atoms with Crippen molar-refractivity contribution in [2.45, 2.75) is 24.1 Å². The Hall–Kier alpha value is -1.32. The fourth-order valence-electron chi connectivity index (χ4n) is 1.79. The molecule has 0 spiro atoms. The third kappa shape index (κ3) is 3.34. The summed E-state index contributed by atoms with van der Waals surface area (Å²) in [4.78, 5) is 1.20. The molecule has 0 aliphatic heterocycles. The van der Waals surface area contributed by atoms with Crippen molar-refractivity contribution in [2.24, 2.45) is 5.73 Å². The molecule has 3 heteroatoms. The van der Waals surface area contributed by atoms with Gasteiger partial charge in [-0.2, -0.15) is 0 Å². The van der Waals surface area contributed by atoms with Gasteiger partial charge in [0.05, 0.1) is 0 Å². The van der Waals surface area contributed by atoms with E-state index in [-0.39, 0.29) is 5.82 Å². The van der Waals surface area contributed by atoms with Crippen molar-refractivity contribution in [2.75, 3.05) is 0 Å². The van der Waals surface area contributed by atoms with Gasteiger partial charge in [0.15, 0.2) is 0 Å². The van der Waals surface area contributed by atoms with Gasteiger partial charge in [-0.3, -0.25) is 0 Å². The molecule has 2 aromatic carbocycles. The van der Waals surface area contributed by atoms with Gasteiger partial charge in [-0.15, -0.1) is 11.8 Å². The predicted molar refractivity (Wildman–Crippen MR) is 75.0 cm³/mol. The van der Waals surface area contributed by atoms with Crippen LogP contribution in [0.1, 0.15) is 16.7 Å². The summed E-state index contributed by atoms with van der Waals surface area (Å²) >= 11 is 1.70. The van der Waals surface area contributed by atoms with Crippen LogP contribution in [-0.4, -0.2) is 0 Å². The number of aryl methyl sites for hydroxylation is 1. The minimum atomic E-state index is -0.202. The van der Waals surface area contributed by atoms with E-state index >= 15 is 0 Å². The molecule has 2 N–H and O–H groups in total. The first-order valence-electron chi connectivity index (χ1n) is 5.86. The zero-order valence-corrected chi connectivity index (χ0v) is 11.1. The summed E-state index contributed by atoms with van der Waals surface area (Å²) < 4.78 is 13.2. The molecule has 0 bridgehead atoms. The second-order valence-electron chi connectivity index (χ2n) is 4.22. The molecule has 0 heterocycles. The van der Waals surface area contributed by atoms with E-state index < -0.39 is 0 Å². The molecule has 2 aromatic rings. The van der Waals surface area contributed by atoms with Crippen LogP contribution in [0.15, 0.2) is 47.4 Å². The summed E-state index contributed by atoms with van der Waals surface area (Å²) in [6.45, 7) is 2.52. The molecule has 0 aromatic heterocycles. The highest BCUT2D eigenvalue weighted by atomic mass is 32.2. The molecule has 0 radical (unpaired) electrons. The molecular weight excluding hydrogens is 245 g/mol. The van der Waals surface area contributed by atoms with Crippen LogP contribution in [0.25, 0.3) is 0 Å². The molecule has 0 fully saturated rings. The van der Waals surface area contributed by atoms with Crippen molar-refractivity contribution in [1.82, 2.24) is 0 Å². The lowest BCUT2D eigenvalue weighted by atomic mass is 10.1. The highest BCUT2D eigenvalue weighted by Crippen LogP contribution is 2.25. The Morgan fingerprint density at radius 3 is 2.67 bits per heavy atom. The Balaban J connectivity index is 2.12. The molecule has 0 saturated carbocycles. The van der Waals surface area contributed by atoms with E-state index in [4.69, 9.17) is 5.73 Å². The number of nitrogens with two attached hydrogens (primary N) is 1. The third-order valence-corrected chi connectivity index (χ3v) is 3.81. The Kier molecular flexibility index (Phi) is 4.39. The van der Waals surface area contributed by atoms with E-state index in [1.165, 1.54) is 16.5 Å². The number of hydrogen-bond acceptors (Lipinski definition) is 2. The number of hydrogen-bond donors (Lipinski definition) is 1. The average molecular weight is 261 g/mol. The number of halogens is 1. The Morgan fingerprint density at radius 2 is 1.94 bits per heavy atom. The van der Waals surface area contributed by atoms with Crippen molar-refractivity contribution in [3.63, 3.8) is 0 Å². The van der Waals surface area contributed by atoms with Gasteiger partial charge in [0.25, 0.3) is 0 Å². The zero-order chi connectivity index (χ0) is 13.0. The summed E-state index contributed by atoms with van der Waals surface area (Å²) in [6.07, 6.45) is 0. The van der Waals surface area contributed by atoms with E-state index in [2.05, 4.69) is 25.1 Å². The topological polar surface area (TPSA) is 26.0 Å². The van der Waals surface area contributed by atoms with Gasteiger partial charge in [0, 0.05) is 17.2 Å². The number of rotatable bonds is 4. The maximum atomic E-state index is 13.2. The number of benzene rings is 2. The van der Waals surface area contributed by atoms with Crippen molar-refractivity contribution in [1.29, 1.82) is 0 Å². The highest BCUT2D eigenvalue weighted by Gasteiger charge is 2.04. The van der Waals surface area contributed by atoms with Crippen LogP contribution in [0, 0.1) is 12.7 Å². The molecule has 2 rings (SSSR count). The fourth-order valence-corrected chi connectivity index (χ4v) is 2.83. The second-order valence-corrected chi connectivity index (χ2v) is 5.27. The van der Waals surface area contributed by atoms with Crippen molar-refractivity contribution < 1.29 is 4.39 Å². The number of thioether (sulfide) groups is 1. The van der Waals surface area contributed by atoms with E-state index in [1.54, 1.807) is 23.9 Å². The maximum Gasteiger partial charge on any atom is 0.123 e. The van der Waals surface area contributed by atoms with Crippen molar-refractivity contribution >= 4 is 11.8 Å². The molecule has 94 valence electrons. The van der Waals surface area contributed by atoms with E-state index in [1.807, 2.05) is 6.07 Å². The first kappa shape index (κ1) is 13.1. The normalized spacial score (nSPS) is 10.6. The highest BCUT2D eigenvalue weighted by molar-refractivity contribution is 7.98. The molecule has 1 nitrogen and oxygen atoms in total. The smallest absolute Gasteiger partial charge is 0.123 e. The molecule has 0 atom stereocenters. The van der Waals surface area contributed by atoms with Gasteiger partial charge in [-0.1, -0.05) is 23.8 Å². The van der Waals surface area contributed by atoms with Crippen molar-refractivity contribution in [3.05, 3.63) is 65.0 Å². The first-order chi connectivity index (χ1) is 8.69. The van der Waals surface area contributed by atoms with Gasteiger partial charge in [0.1, 0.15) is 5.82 Å². The largest absolute Gasteiger partial charge is 0.326 e. The fraction of sp³-hybridized carbons (Fsp3) is 0.200. The molecule has 0 aliphatic carbocycles. The lowest BCUT2D eigenvalue weighted by Gasteiger charge is -2.08. The first-order valence-corrected chi connectivity index (χ1v) is 6.84. The standard InChI is InChI=1S/C15H16FNS/c1-11-3-2-4-15(7-11)18-10-13-8-14(16)6-5-12(13)9-17/h2-8H,9-10,17H2,1H3. The summed E-state index contributed by atoms with van der Waals surface area (Å²) in [6, 6.07) is 13.1. The van der Waals surface area contributed by atoms with Crippen LogP contribution in [0.5, 0.6) is 0 Å². The molecular formula is C15H16FNS. The molecule has 18 heavy (non-hydrogen) atoms. The second kappa shape index (κ2) is 6.03. The molecule has 0 amide bonds. The van der Waals surface area contributed by atoms with E-state index in [0.717, 1.165) is 16.9 Å². The van der Waals surface area contributed by atoms with Gasteiger partial charge < -0.3 is 5.73 Å². The monoisotopic (exact) mass is 261 g/mol. The van der Waals surface area contributed by atoms with Crippen molar-refractivity contribution in [3.8, 4) is 0 Å². The molecule has 0 unspecified atom stereocenters.